The van der Waals surface area contributed by atoms with Gasteiger partial charge in [0.05, 0.1) is 32.1 Å². The van der Waals surface area contributed by atoms with Crippen LogP contribution in [0, 0.1) is 0 Å². The van der Waals surface area contributed by atoms with Gasteiger partial charge >= 0.3 is 0 Å². The first-order valence-electron chi connectivity index (χ1n) is 5.97. The van der Waals surface area contributed by atoms with Gasteiger partial charge in [-0.15, -0.1) is 0 Å². The average Bonchev–Trinajstić information content (AvgIpc) is 2.90. The van der Waals surface area contributed by atoms with Crippen LogP contribution in [-0.4, -0.2) is 23.6 Å². The van der Waals surface area contributed by atoms with E-state index < -0.39 is 0 Å². The molecule has 96 valence electrons. The Morgan fingerprint density at radius 2 is 1.84 bits per heavy atom. The summed E-state index contributed by atoms with van der Waals surface area (Å²) in [6.45, 7) is 0. The van der Waals surface area contributed by atoms with E-state index in [0.29, 0.717) is 0 Å². The highest BCUT2D eigenvalue weighted by atomic mass is 16.5. The van der Waals surface area contributed by atoms with Gasteiger partial charge in [0.2, 0.25) is 0 Å². The minimum Gasteiger partial charge on any atom is -0.497 e. The summed E-state index contributed by atoms with van der Waals surface area (Å²) in [7, 11) is 3.31. The Morgan fingerprint density at radius 1 is 1.00 bits per heavy atom. The molecule has 4 heteroatoms. The van der Waals surface area contributed by atoms with Crippen molar-refractivity contribution >= 4 is 5.52 Å². The monoisotopic (exact) mass is 254 g/mol. The van der Waals surface area contributed by atoms with Crippen molar-refractivity contribution in [3.63, 3.8) is 0 Å². The smallest absolute Gasteiger partial charge is 0.144 e. The summed E-state index contributed by atoms with van der Waals surface area (Å²) in [5, 5.41) is 0. The van der Waals surface area contributed by atoms with Crippen molar-refractivity contribution in [2.75, 3.05) is 14.2 Å². The molecule has 0 aliphatic rings. The maximum Gasteiger partial charge on any atom is 0.144 e. The summed E-state index contributed by atoms with van der Waals surface area (Å²) in [6, 6.07) is 11.8. The first-order chi connectivity index (χ1) is 9.31. The Kier molecular flexibility index (Phi) is 2.83. The number of imidazole rings is 1. The molecule has 0 unspecified atom stereocenters. The summed E-state index contributed by atoms with van der Waals surface area (Å²) in [4.78, 5) is 4.47. The van der Waals surface area contributed by atoms with Crippen LogP contribution >= 0.6 is 0 Å². The van der Waals surface area contributed by atoms with Crippen molar-refractivity contribution in [1.82, 2.24) is 9.38 Å². The van der Waals surface area contributed by atoms with Gasteiger partial charge < -0.3 is 9.47 Å². The van der Waals surface area contributed by atoms with Gasteiger partial charge in [-0.05, 0) is 24.3 Å². The summed E-state index contributed by atoms with van der Waals surface area (Å²) < 4.78 is 12.5. The number of nitrogens with zero attached hydrogens (tertiary/aromatic N) is 2. The van der Waals surface area contributed by atoms with Gasteiger partial charge in [0, 0.05) is 5.56 Å². The van der Waals surface area contributed by atoms with Crippen molar-refractivity contribution in [2.45, 2.75) is 0 Å². The molecule has 0 N–H and O–H groups in total. The molecule has 3 aromatic rings. The molecule has 0 saturated carbocycles. The van der Waals surface area contributed by atoms with E-state index >= 15 is 0 Å². The number of ether oxygens (including phenoxy) is 2. The second-order valence-corrected chi connectivity index (χ2v) is 4.18. The van der Waals surface area contributed by atoms with Crippen LogP contribution in [0.25, 0.3) is 16.9 Å². The molecule has 3 rings (SSSR count). The number of hydrogen-bond donors (Lipinski definition) is 0. The lowest BCUT2D eigenvalue weighted by Gasteiger charge is -2.06. The van der Waals surface area contributed by atoms with Crippen molar-refractivity contribution < 1.29 is 9.47 Å². The summed E-state index contributed by atoms with van der Waals surface area (Å²) in [6.07, 6.45) is 3.77. The van der Waals surface area contributed by atoms with Crippen LogP contribution in [0.4, 0.5) is 0 Å². The zero-order valence-corrected chi connectivity index (χ0v) is 10.8. The van der Waals surface area contributed by atoms with E-state index in [9.17, 15) is 0 Å². The van der Waals surface area contributed by atoms with Crippen LogP contribution in [-0.2, 0) is 0 Å². The first kappa shape index (κ1) is 11.6. The van der Waals surface area contributed by atoms with Crippen molar-refractivity contribution in [3.8, 4) is 22.9 Å². The molecule has 2 heterocycles. The van der Waals surface area contributed by atoms with E-state index in [-0.39, 0.29) is 0 Å². The number of benzene rings is 1. The Labute approximate surface area is 111 Å². The van der Waals surface area contributed by atoms with Gasteiger partial charge in [-0.3, -0.25) is 4.40 Å². The highest BCUT2D eigenvalue weighted by Crippen LogP contribution is 2.25. The average molecular weight is 254 g/mol. The summed E-state index contributed by atoms with van der Waals surface area (Å²) in [5.74, 6) is 2.49. The zero-order valence-electron chi connectivity index (χ0n) is 10.8. The third kappa shape index (κ3) is 2.01. The van der Waals surface area contributed by atoms with Crippen LogP contribution in [0.1, 0.15) is 0 Å². The molecule has 1 aromatic carbocycles. The Bertz CT molecular complexity index is 719. The molecule has 0 radical (unpaired) electrons. The lowest BCUT2D eigenvalue weighted by atomic mass is 10.2. The predicted molar refractivity (Wildman–Crippen MR) is 73.7 cm³/mol. The summed E-state index contributed by atoms with van der Waals surface area (Å²) >= 11 is 0. The van der Waals surface area contributed by atoms with E-state index in [1.807, 2.05) is 53.2 Å². The molecule has 0 aliphatic heterocycles. The van der Waals surface area contributed by atoms with Crippen molar-refractivity contribution in [2.24, 2.45) is 0 Å². The molecular weight excluding hydrogens is 240 g/mol. The van der Waals surface area contributed by atoms with Crippen LogP contribution in [0.5, 0.6) is 11.5 Å². The number of pyridine rings is 1. The van der Waals surface area contributed by atoms with E-state index in [1.54, 1.807) is 14.2 Å². The number of fused-ring (bicyclic) bond motifs is 1. The second kappa shape index (κ2) is 4.65. The molecule has 0 amide bonds. The lowest BCUT2D eigenvalue weighted by molar-refractivity contribution is 0.412. The van der Waals surface area contributed by atoms with E-state index in [1.165, 1.54) is 0 Å². The van der Waals surface area contributed by atoms with Crippen LogP contribution in [0.3, 0.4) is 0 Å². The normalized spacial score (nSPS) is 10.6. The molecule has 2 aromatic heterocycles. The fourth-order valence-electron chi connectivity index (χ4n) is 2.07. The number of aromatic nitrogens is 2. The molecule has 0 spiro atoms. The van der Waals surface area contributed by atoms with Crippen molar-refractivity contribution in [1.29, 1.82) is 0 Å². The van der Waals surface area contributed by atoms with E-state index in [4.69, 9.17) is 9.47 Å². The highest BCUT2D eigenvalue weighted by molar-refractivity contribution is 5.64. The molecule has 0 atom stereocenters. The van der Waals surface area contributed by atoms with E-state index in [0.717, 1.165) is 28.4 Å². The van der Waals surface area contributed by atoms with Crippen molar-refractivity contribution in [3.05, 3.63) is 48.8 Å². The molecule has 0 aliphatic carbocycles. The molecule has 0 bridgehead atoms. The maximum atomic E-state index is 5.25. The molecule has 19 heavy (non-hydrogen) atoms. The van der Waals surface area contributed by atoms with Gasteiger partial charge in [0.25, 0.3) is 0 Å². The van der Waals surface area contributed by atoms with Crippen LogP contribution in [0.2, 0.25) is 0 Å². The van der Waals surface area contributed by atoms with Gasteiger partial charge in [-0.25, -0.2) is 4.98 Å². The molecule has 4 nitrogen and oxygen atoms in total. The first-order valence-corrected chi connectivity index (χ1v) is 5.97. The molecule has 0 saturated heterocycles. The third-order valence-electron chi connectivity index (χ3n) is 3.06. The molecular formula is C15H14N2O2. The highest BCUT2D eigenvalue weighted by Gasteiger charge is 2.08. The number of methoxy groups -OCH3 is 2. The SMILES string of the molecule is COc1cccc(-c2ncc3ccc(OC)cn23)c1. The Balaban J connectivity index is 2.18. The van der Waals surface area contributed by atoms with Gasteiger partial charge in [-0.1, -0.05) is 12.1 Å². The lowest BCUT2D eigenvalue weighted by Crippen LogP contribution is -1.92. The standard InChI is InChI=1S/C15H14N2O2/c1-18-13-5-3-4-11(8-13)15-16-9-12-6-7-14(19-2)10-17(12)15/h3-10H,1-2H3. The zero-order chi connectivity index (χ0) is 13.2. The maximum absolute atomic E-state index is 5.25. The fraction of sp³-hybridized carbons (Fsp3) is 0.133. The molecule has 0 fully saturated rings. The van der Waals surface area contributed by atoms with Gasteiger partial charge in [0.1, 0.15) is 17.3 Å². The number of hydrogen-bond acceptors (Lipinski definition) is 3. The largest absolute Gasteiger partial charge is 0.497 e. The number of rotatable bonds is 3. The topological polar surface area (TPSA) is 35.8 Å². The van der Waals surface area contributed by atoms with Crippen LogP contribution < -0.4 is 9.47 Å². The van der Waals surface area contributed by atoms with E-state index in [2.05, 4.69) is 4.98 Å². The van der Waals surface area contributed by atoms with Crippen LogP contribution in [0.15, 0.2) is 48.8 Å². The summed E-state index contributed by atoms with van der Waals surface area (Å²) in [5.41, 5.74) is 2.03. The minimum atomic E-state index is 0.801. The third-order valence-corrected chi connectivity index (χ3v) is 3.06. The Hall–Kier alpha value is -2.49. The van der Waals surface area contributed by atoms with Gasteiger partial charge in [-0.2, -0.15) is 0 Å². The second-order valence-electron chi connectivity index (χ2n) is 4.18. The minimum absolute atomic E-state index is 0.801. The van der Waals surface area contributed by atoms with Gasteiger partial charge in [0.15, 0.2) is 0 Å². The predicted octanol–water partition coefficient (Wildman–Crippen LogP) is 3.02. The Morgan fingerprint density at radius 3 is 2.63 bits per heavy atom. The quantitative estimate of drug-likeness (QED) is 0.720. The fourth-order valence-corrected chi connectivity index (χ4v) is 2.07.